The third kappa shape index (κ3) is 6.77. The van der Waals surface area contributed by atoms with E-state index in [9.17, 15) is 0 Å². The van der Waals surface area contributed by atoms with Crippen molar-refractivity contribution in [1.82, 2.24) is 10.6 Å². The van der Waals surface area contributed by atoms with Crippen molar-refractivity contribution in [3.8, 4) is 11.5 Å². The minimum atomic E-state index is 0. The van der Waals surface area contributed by atoms with Gasteiger partial charge in [-0.15, -0.1) is 24.0 Å². The van der Waals surface area contributed by atoms with Crippen molar-refractivity contribution in [2.45, 2.75) is 38.0 Å². The Balaban J connectivity index is 0.00000312. The van der Waals surface area contributed by atoms with Crippen molar-refractivity contribution in [1.29, 1.82) is 0 Å². The molecule has 1 unspecified atom stereocenters. The van der Waals surface area contributed by atoms with Crippen molar-refractivity contribution in [3.63, 3.8) is 0 Å². The van der Waals surface area contributed by atoms with Gasteiger partial charge in [0, 0.05) is 24.9 Å². The second kappa shape index (κ2) is 11.0. The van der Waals surface area contributed by atoms with Crippen LogP contribution in [0.5, 0.6) is 11.5 Å². The van der Waals surface area contributed by atoms with Crippen molar-refractivity contribution >= 4 is 41.7 Å². The van der Waals surface area contributed by atoms with Gasteiger partial charge in [-0.2, -0.15) is 11.8 Å². The average molecular weight is 479 g/mol. The summed E-state index contributed by atoms with van der Waals surface area (Å²) in [5, 5.41) is 6.81. The van der Waals surface area contributed by atoms with Gasteiger partial charge in [-0.1, -0.05) is 6.07 Å². The highest BCUT2D eigenvalue weighted by atomic mass is 127. The van der Waals surface area contributed by atoms with Crippen LogP contribution in [0.4, 0.5) is 0 Å². The molecule has 0 saturated carbocycles. The second-order valence-electron chi connectivity index (χ2n) is 6.10. The zero-order valence-corrected chi connectivity index (χ0v) is 18.7. The lowest BCUT2D eigenvalue weighted by Gasteiger charge is -2.24. The van der Waals surface area contributed by atoms with Crippen LogP contribution in [0.1, 0.15) is 32.3 Å². The average Bonchev–Trinajstić information content (AvgIpc) is 3.02. The molecule has 5 nitrogen and oxygen atoms in total. The SMILES string of the molecule is CCOc1cc(CNC(=NC)NCC2(C)CCCS2)ccc1OC.I. The molecular weight excluding hydrogens is 449 g/mol. The van der Waals surface area contributed by atoms with Gasteiger partial charge in [0.1, 0.15) is 0 Å². The number of benzene rings is 1. The Hall–Kier alpha value is -0.830. The van der Waals surface area contributed by atoms with Gasteiger partial charge in [0.2, 0.25) is 0 Å². The van der Waals surface area contributed by atoms with Crippen LogP contribution < -0.4 is 20.1 Å². The van der Waals surface area contributed by atoms with Crippen LogP contribution in [0, 0.1) is 0 Å². The van der Waals surface area contributed by atoms with Gasteiger partial charge >= 0.3 is 0 Å². The Morgan fingerprint density at radius 2 is 2.12 bits per heavy atom. The van der Waals surface area contributed by atoms with E-state index in [0.717, 1.165) is 29.6 Å². The predicted molar refractivity (Wildman–Crippen MR) is 118 cm³/mol. The number of guanidine groups is 1. The molecular formula is C18H30IN3O2S. The molecule has 0 radical (unpaired) electrons. The number of hydrogen-bond donors (Lipinski definition) is 2. The van der Waals surface area contributed by atoms with Crippen LogP contribution in [0.3, 0.4) is 0 Å². The Kier molecular flexibility index (Phi) is 9.78. The number of methoxy groups -OCH3 is 1. The molecule has 7 heteroatoms. The van der Waals surface area contributed by atoms with Crippen LogP contribution in [-0.2, 0) is 6.54 Å². The molecule has 0 aromatic heterocycles. The number of rotatable bonds is 7. The number of ether oxygens (including phenoxy) is 2. The summed E-state index contributed by atoms with van der Waals surface area (Å²) in [6.07, 6.45) is 2.57. The van der Waals surface area contributed by atoms with E-state index in [1.807, 2.05) is 36.9 Å². The van der Waals surface area contributed by atoms with E-state index in [1.54, 1.807) is 14.2 Å². The number of hydrogen-bond acceptors (Lipinski definition) is 4. The second-order valence-corrected chi connectivity index (χ2v) is 7.78. The Morgan fingerprint density at radius 3 is 2.72 bits per heavy atom. The molecule has 1 aromatic carbocycles. The largest absolute Gasteiger partial charge is 0.493 e. The van der Waals surface area contributed by atoms with E-state index in [0.29, 0.717) is 17.9 Å². The lowest BCUT2D eigenvalue weighted by Crippen LogP contribution is -2.43. The Morgan fingerprint density at radius 1 is 1.32 bits per heavy atom. The summed E-state index contributed by atoms with van der Waals surface area (Å²) in [5.41, 5.74) is 1.13. The lowest BCUT2D eigenvalue weighted by atomic mass is 10.1. The fourth-order valence-corrected chi connectivity index (χ4v) is 4.00. The minimum absolute atomic E-state index is 0. The zero-order chi connectivity index (χ0) is 17.4. The predicted octanol–water partition coefficient (Wildman–Crippen LogP) is 3.66. The normalized spacial score (nSPS) is 19.9. The third-order valence-corrected chi connectivity index (χ3v) is 5.68. The van der Waals surface area contributed by atoms with Gasteiger partial charge < -0.3 is 20.1 Å². The minimum Gasteiger partial charge on any atom is -0.493 e. The highest BCUT2D eigenvalue weighted by Crippen LogP contribution is 2.36. The molecule has 1 aliphatic rings. The topological polar surface area (TPSA) is 54.9 Å². The number of nitrogens with zero attached hydrogens (tertiary/aromatic N) is 1. The van der Waals surface area contributed by atoms with Gasteiger partial charge in [-0.3, -0.25) is 4.99 Å². The summed E-state index contributed by atoms with van der Waals surface area (Å²) in [7, 11) is 3.46. The van der Waals surface area contributed by atoms with E-state index in [1.165, 1.54) is 18.6 Å². The van der Waals surface area contributed by atoms with Crippen molar-refractivity contribution in [2.24, 2.45) is 4.99 Å². The fourth-order valence-electron chi connectivity index (χ4n) is 2.75. The molecule has 0 spiro atoms. The molecule has 1 aromatic rings. The van der Waals surface area contributed by atoms with E-state index in [-0.39, 0.29) is 24.0 Å². The van der Waals surface area contributed by atoms with Crippen molar-refractivity contribution in [3.05, 3.63) is 23.8 Å². The summed E-state index contributed by atoms with van der Waals surface area (Å²) in [4.78, 5) is 4.32. The van der Waals surface area contributed by atoms with Gasteiger partial charge in [0.15, 0.2) is 17.5 Å². The first-order chi connectivity index (χ1) is 11.6. The van der Waals surface area contributed by atoms with Gasteiger partial charge in [-0.05, 0) is 50.1 Å². The van der Waals surface area contributed by atoms with Gasteiger partial charge in [0.05, 0.1) is 13.7 Å². The number of thioether (sulfide) groups is 1. The molecule has 0 bridgehead atoms. The molecule has 0 aliphatic carbocycles. The van der Waals surface area contributed by atoms with Gasteiger partial charge in [-0.25, -0.2) is 0 Å². The summed E-state index contributed by atoms with van der Waals surface area (Å²) >= 11 is 2.05. The lowest BCUT2D eigenvalue weighted by molar-refractivity contribution is 0.310. The molecule has 1 fully saturated rings. The van der Waals surface area contributed by atoms with Crippen LogP contribution in [0.15, 0.2) is 23.2 Å². The van der Waals surface area contributed by atoms with Crippen LogP contribution in [-0.4, -0.2) is 43.8 Å². The van der Waals surface area contributed by atoms with Gasteiger partial charge in [0.25, 0.3) is 0 Å². The Labute approximate surface area is 172 Å². The van der Waals surface area contributed by atoms with Crippen LogP contribution >= 0.6 is 35.7 Å². The molecule has 1 heterocycles. The highest BCUT2D eigenvalue weighted by molar-refractivity contribution is 14.0. The van der Waals surface area contributed by atoms with Crippen molar-refractivity contribution < 1.29 is 9.47 Å². The van der Waals surface area contributed by atoms with E-state index in [2.05, 4.69) is 22.5 Å². The molecule has 1 atom stereocenters. The first-order valence-electron chi connectivity index (χ1n) is 8.48. The highest BCUT2D eigenvalue weighted by Gasteiger charge is 2.29. The van der Waals surface area contributed by atoms with E-state index in [4.69, 9.17) is 9.47 Å². The maximum Gasteiger partial charge on any atom is 0.191 e. The standard InChI is InChI=1S/C18H29N3O2S.HI/c1-5-23-16-11-14(7-8-15(16)22-4)12-20-17(19-3)21-13-18(2)9-6-10-24-18;/h7-8,11H,5-6,9-10,12-13H2,1-4H3,(H2,19,20,21);1H. The molecule has 0 amide bonds. The summed E-state index contributed by atoms with van der Waals surface area (Å²) in [6, 6.07) is 5.99. The molecule has 1 saturated heterocycles. The monoisotopic (exact) mass is 479 g/mol. The Bertz CT molecular complexity index is 563. The summed E-state index contributed by atoms with van der Waals surface area (Å²) in [5.74, 6) is 3.62. The third-order valence-electron chi connectivity index (χ3n) is 4.14. The summed E-state index contributed by atoms with van der Waals surface area (Å²) < 4.78 is 11.3. The molecule has 2 N–H and O–H groups in total. The molecule has 1 aliphatic heterocycles. The number of halogens is 1. The van der Waals surface area contributed by atoms with E-state index >= 15 is 0 Å². The van der Waals surface area contributed by atoms with Crippen LogP contribution in [0.2, 0.25) is 0 Å². The first-order valence-corrected chi connectivity index (χ1v) is 9.47. The fraction of sp³-hybridized carbons (Fsp3) is 0.611. The number of nitrogens with one attached hydrogen (secondary N) is 2. The first kappa shape index (κ1) is 22.2. The molecule has 142 valence electrons. The maximum atomic E-state index is 5.63. The summed E-state index contributed by atoms with van der Waals surface area (Å²) in [6.45, 7) is 6.53. The molecule has 25 heavy (non-hydrogen) atoms. The maximum absolute atomic E-state index is 5.63. The van der Waals surface area contributed by atoms with Crippen molar-refractivity contribution in [2.75, 3.05) is 33.1 Å². The zero-order valence-electron chi connectivity index (χ0n) is 15.6. The smallest absolute Gasteiger partial charge is 0.191 e. The van der Waals surface area contributed by atoms with Crippen LogP contribution in [0.25, 0.3) is 0 Å². The van der Waals surface area contributed by atoms with E-state index < -0.39 is 0 Å². The molecule has 2 rings (SSSR count). The quantitative estimate of drug-likeness (QED) is 0.355. The number of aliphatic imine (C=N–C) groups is 1.